The van der Waals surface area contributed by atoms with E-state index >= 15 is 0 Å². The van der Waals surface area contributed by atoms with Crippen LogP contribution in [-0.4, -0.2) is 5.78 Å². The first-order valence-electron chi connectivity index (χ1n) is 5.29. The largest absolute Gasteiger partial charge is 0.294 e. The Balaban J connectivity index is 2.25. The molecule has 1 nitrogen and oxygen atoms in total. The molecule has 0 aromatic heterocycles. The molecule has 2 aromatic rings. The third-order valence-corrected chi connectivity index (χ3v) is 2.95. The lowest BCUT2D eigenvalue weighted by Crippen LogP contribution is -2.05. The Labute approximate surface area is 112 Å². The molecule has 0 aliphatic rings. The van der Waals surface area contributed by atoms with Crippen LogP contribution in [0.2, 0.25) is 0 Å². The van der Waals surface area contributed by atoms with Crippen molar-refractivity contribution in [2.45, 2.75) is 6.42 Å². The molecular formula is C14H9BrF2O. The molecule has 0 atom stereocenters. The van der Waals surface area contributed by atoms with Crippen LogP contribution in [-0.2, 0) is 6.42 Å². The summed E-state index contributed by atoms with van der Waals surface area (Å²) >= 11 is 3.11. The molecule has 0 N–H and O–H groups in total. The molecule has 0 amide bonds. The van der Waals surface area contributed by atoms with Crippen molar-refractivity contribution >= 4 is 21.7 Å². The minimum Gasteiger partial charge on any atom is -0.294 e. The summed E-state index contributed by atoms with van der Waals surface area (Å²) in [6.45, 7) is 0. The summed E-state index contributed by atoms with van der Waals surface area (Å²) in [5, 5.41) is 0. The van der Waals surface area contributed by atoms with Gasteiger partial charge in [-0.2, -0.15) is 0 Å². The lowest BCUT2D eigenvalue weighted by Gasteiger charge is -2.04. The Bertz CT molecular complexity index is 576. The van der Waals surface area contributed by atoms with Gasteiger partial charge in [0.15, 0.2) is 5.78 Å². The molecule has 2 rings (SSSR count). The minimum absolute atomic E-state index is 0.0808. The maximum absolute atomic E-state index is 13.4. The molecule has 0 bridgehead atoms. The molecule has 0 unspecified atom stereocenters. The summed E-state index contributed by atoms with van der Waals surface area (Å²) in [5.41, 5.74) is 0.535. The summed E-state index contributed by atoms with van der Waals surface area (Å²) in [6.07, 6.45) is -0.0808. The molecule has 92 valence electrons. The van der Waals surface area contributed by atoms with Crippen molar-refractivity contribution in [3.8, 4) is 0 Å². The average Bonchev–Trinajstić information content (AvgIpc) is 2.31. The highest BCUT2D eigenvalue weighted by atomic mass is 79.9. The summed E-state index contributed by atoms with van der Waals surface area (Å²) in [4.78, 5) is 11.9. The zero-order valence-electron chi connectivity index (χ0n) is 9.29. The number of ketones is 1. The van der Waals surface area contributed by atoms with Crippen LogP contribution < -0.4 is 0 Å². The van der Waals surface area contributed by atoms with E-state index in [0.29, 0.717) is 10.0 Å². The summed E-state index contributed by atoms with van der Waals surface area (Å²) < 4.78 is 27.0. The summed E-state index contributed by atoms with van der Waals surface area (Å²) in [7, 11) is 0. The van der Waals surface area contributed by atoms with Gasteiger partial charge in [0.1, 0.15) is 11.6 Å². The molecule has 0 fully saturated rings. The SMILES string of the molecule is O=C(Cc1ccccc1F)c1cc(F)cc(Br)c1. The normalized spacial score (nSPS) is 10.4. The van der Waals surface area contributed by atoms with E-state index in [1.54, 1.807) is 18.2 Å². The van der Waals surface area contributed by atoms with Crippen LogP contribution in [0.1, 0.15) is 15.9 Å². The number of rotatable bonds is 3. The molecule has 0 heterocycles. The second-order valence-electron chi connectivity index (χ2n) is 3.85. The van der Waals surface area contributed by atoms with Crippen molar-refractivity contribution < 1.29 is 13.6 Å². The van der Waals surface area contributed by atoms with Crippen LogP contribution in [0.3, 0.4) is 0 Å². The van der Waals surface area contributed by atoms with Gasteiger partial charge in [0.2, 0.25) is 0 Å². The molecule has 18 heavy (non-hydrogen) atoms. The Morgan fingerprint density at radius 1 is 1.11 bits per heavy atom. The predicted molar refractivity (Wildman–Crippen MR) is 68.5 cm³/mol. The van der Waals surface area contributed by atoms with Crippen LogP contribution in [0.25, 0.3) is 0 Å². The number of carbonyl (C=O) groups is 1. The minimum atomic E-state index is -0.499. The van der Waals surface area contributed by atoms with Crippen molar-refractivity contribution in [2.24, 2.45) is 0 Å². The molecule has 0 aliphatic heterocycles. The van der Waals surface area contributed by atoms with E-state index in [-0.39, 0.29) is 17.8 Å². The highest BCUT2D eigenvalue weighted by molar-refractivity contribution is 9.10. The van der Waals surface area contributed by atoms with E-state index in [1.807, 2.05) is 0 Å². The van der Waals surface area contributed by atoms with Gasteiger partial charge in [-0.15, -0.1) is 0 Å². The highest BCUT2D eigenvalue weighted by Crippen LogP contribution is 2.17. The number of hydrogen-bond donors (Lipinski definition) is 0. The van der Waals surface area contributed by atoms with Gasteiger partial charge in [0.05, 0.1) is 0 Å². The number of carbonyl (C=O) groups excluding carboxylic acids is 1. The fourth-order valence-corrected chi connectivity index (χ4v) is 2.10. The quantitative estimate of drug-likeness (QED) is 0.778. The zero-order valence-corrected chi connectivity index (χ0v) is 10.9. The second-order valence-corrected chi connectivity index (χ2v) is 4.77. The lowest BCUT2D eigenvalue weighted by atomic mass is 10.0. The second kappa shape index (κ2) is 5.40. The molecule has 2 aromatic carbocycles. The molecule has 0 aliphatic carbocycles. The fourth-order valence-electron chi connectivity index (χ4n) is 1.63. The first kappa shape index (κ1) is 12.9. The lowest BCUT2D eigenvalue weighted by molar-refractivity contribution is 0.0991. The van der Waals surface area contributed by atoms with E-state index in [4.69, 9.17) is 0 Å². The first-order chi connectivity index (χ1) is 8.56. The topological polar surface area (TPSA) is 17.1 Å². The van der Waals surface area contributed by atoms with Crippen molar-refractivity contribution in [3.63, 3.8) is 0 Å². The average molecular weight is 311 g/mol. The van der Waals surface area contributed by atoms with Gasteiger partial charge in [-0.05, 0) is 29.8 Å². The van der Waals surface area contributed by atoms with E-state index in [1.165, 1.54) is 18.2 Å². The van der Waals surface area contributed by atoms with Gasteiger partial charge < -0.3 is 0 Å². The van der Waals surface area contributed by atoms with Crippen molar-refractivity contribution in [2.75, 3.05) is 0 Å². The number of benzene rings is 2. The van der Waals surface area contributed by atoms with Gasteiger partial charge >= 0.3 is 0 Å². The van der Waals surface area contributed by atoms with Crippen LogP contribution in [0.4, 0.5) is 8.78 Å². The van der Waals surface area contributed by atoms with E-state index < -0.39 is 11.6 Å². The molecule has 0 radical (unpaired) electrons. The molecule has 4 heteroatoms. The Hall–Kier alpha value is -1.55. The van der Waals surface area contributed by atoms with Gasteiger partial charge in [0.25, 0.3) is 0 Å². The van der Waals surface area contributed by atoms with Crippen LogP contribution in [0.15, 0.2) is 46.9 Å². The third kappa shape index (κ3) is 3.01. The van der Waals surface area contributed by atoms with Crippen LogP contribution in [0.5, 0.6) is 0 Å². The van der Waals surface area contributed by atoms with Gasteiger partial charge in [-0.3, -0.25) is 4.79 Å². The standard InChI is InChI=1S/C14H9BrF2O/c15-11-5-10(6-12(16)8-11)14(18)7-9-3-1-2-4-13(9)17/h1-6,8H,7H2. The summed E-state index contributed by atoms with van der Waals surface area (Å²) in [6, 6.07) is 9.99. The van der Waals surface area contributed by atoms with E-state index in [0.717, 1.165) is 6.07 Å². The van der Waals surface area contributed by atoms with Gasteiger partial charge in [-0.1, -0.05) is 34.1 Å². The fraction of sp³-hybridized carbons (Fsp3) is 0.0714. The summed E-state index contributed by atoms with van der Waals surface area (Å²) in [5.74, 6) is -1.25. The molecule has 0 spiro atoms. The highest BCUT2D eigenvalue weighted by Gasteiger charge is 2.11. The Kier molecular flexibility index (Phi) is 3.87. The van der Waals surface area contributed by atoms with Crippen LogP contribution in [0, 0.1) is 11.6 Å². The Morgan fingerprint density at radius 2 is 1.83 bits per heavy atom. The van der Waals surface area contributed by atoms with E-state index in [2.05, 4.69) is 15.9 Å². The zero-order chi connectivity index (χ0) is 13.1. The van der Waals surface area contributed by atoms with Crippen molar-refractivity contribution in [3.05, 3.63) is 69.7 Å². The van der Waals surface area contributed by atoms with Gasteiger partial charge in [0, 0.05) is 16.5 Å². The number of Topliss-reactive ketones (excluding diaryl/α,β-unsaturated/α-hetero) is 1. The maximum Gasteiger partial charge on any atom is 0.167 e. The monoisotopic (exact) mass is 310 g/mol. The third-order valence-electron chi connectivity index (χ3n) is 2.49. The first-order valence-corrected chi connectivity index (χ1v) is 6.08. The predicted octanol–water partition coefficient (Wildman–Crippen LogP) is 4.15. The van der Waals surface area contributed by atoms with E-state index in [9.17, 15) is 13.6 Å². The Morgan fingerprint density at radius 3 is 2.50 bits per heavy atom. The number of hydrogen-bond acceptors (Lipinski definition) is 1. The number of halogens is 3. The van der Waals surface area contributed by atoms with Crippen molar-refractivity contribution in [1.82, 2.24) is 0 Å². The van der Waals surface area contributed by atoms with Gasteiger partial charge in [-0.25, -0.2) is 8.78 Å². The van der Waals surface area contributed by atoms with Crippen molar-refractivity contribution in [1.29, 1.82) is 0 Å². The molecular weight excluding hydrogens is 302 g/mol. The van der Waals surface area contributed by atoms with Crippen LogP contribution >= 0.6 is 15.9 Å². The smallest absolute Gasteiger partial charge is 0.167 e. The maximum atomic E-state index is 13.4. The molecule has 0 saturated heterocycles. The molecule has 0 saturated carbocycles.